The van der Waals surface area contributed by atoms with Crippen molar-refractivity contribution in [1.29, 1.82) is 0 Å². The van der Waals surface area contributed by atoms with Crippen molar-refractivity contribution in [3.8, 4) is 0 Å². The van der Waals surface area contributed by atoms with Crippen LogP contribution in [0.2, 0.25) is 0 Å². The molecule has 0 bridgehead atoms. The summed E-state index contributed by atoms with van der Waals surface area (Å²) in [6, 6.07) is 21.9. The highest BCUT2D eigenvalue weighted by molar-refractivity contribution is 5.94. The Morgan fingerprint density at radius 1 is 0.960 bits per heavy atom. The number of aromatic nitrogens is 1. The maximum atomic E-state index is 12.4. The molecule has 1 heterocycles. The van der Waals surface area contributed by atoms with Gasteiger partial charge in [0.2, 0.25) is 0 Å². The van der Waals surface area contributed by atoms with Gasteiger partial charge in [-0.3, -0.25) is 9.78 Å². The number of nitrogens with zero attached hydrogens (tertiary/aromatic N) is 2. The van der Waals surface area contributed by atoms with E-state index >= 15 is 0 Å². The topological polar surface area (TPSA) is 45.2 Å². The van der Waals surface area contributed by atoms with Gasteiger partial charge >= 0.3 is 0 Å². The normalized spacial score (nSPS) is 10.3. The predicted octanol–water partition coefficient (Wildman–Crippen LogP) is 3.65. The summed E-state index contributed by atoms with van der Waals surface area (Å²) in [4.78, 5) is 18.7. The highest BCUT2D eigenvalue weighted by atomic mass is 16.1. The molecule has 126 valence electrons. The Morgan fingerprint density at radius 3 is 2.28 bits per heavy atom. The standard InChI is InChI=1S/C21H21N3O/c1-24(16-18-10-6-3-7-11-18)20-12-19(14-22-15-20)21(25)23-13-17-8-4-2-5-9-17/h2-12,14-15H,13,16H2,1H3,(H,23,25). The molecule has 0 saturated heterocycles. The molecule has 4 nitrogen and oxygen atoms in total. The van der Waals surface area contributed by atoms with Crippen molar-refractivity contribution in [3.63, 3.8) is 0 Å². The smallest absolute Gasteiger partial charge is 0.253 e. The van der Waals surface area contributed by atoms with Crippen molar-refractivity contribution >= 4 is 11.6 Å². The molecule has 0 saturated carbocycles. The van der Waals surface area contributed by atoms with E-state index < -0.39 is 0 Å². The van der Waals surface area contributed by atoms with Gasteiger partial charge in [0.25, 0.3) is 5.91 Å². The number of amides is 1. The van der Waals surface area contributed by atoms with E-state index in [9.17, 15) is 4.79 Å². The second-order valence-corrected chi connectivity index (χ2v) is 5.94. The third-order valence-electron chi connectivity index (χ3n) is 3.99. The maximum absolute atomic E-state index is 12.4. The fourth-order valence-electron chi connectivity index (χ4n) is 2.59. The summed E-state index contributed by atoms with van der Waals surface area (Å²) in [5, 5.41) is 2.93. The lowest BCUT2D eigenvalue weighted by atomic mass is 10.2. The number of hydrogen-bond acceptors (Lipinski definition) is 3. The molecule has 1 amide bonds. The van der Waals surface area contributed by atoms with Crippen LogP contribution in [0.4, 0.5) is 5.69 Å². The SMILES string of the molecule is CN(Cc1ccccc1)c1cncc(C(=O)NCc2ccccc2)c1. The first-order valence-electron chi connectivity index (χ1n) is 8.24. The van der Waals surface area contributed by atoms with Crippen LogP contribution in [0.15, 0.2) is 79.1 Å². The summed E-state index contributed by atoms with van der Waals surface area (Å²) < 4.78 is 0. The molecule has 0 aliphatic rings. The van der Waals surface area contributed by atoms with Crippen LogP contribution in [0.25, 0.3) is 0 Å². The Kier molecular flexibility index (Phi) is 5.42. The minimum absolute atomic E-state index is 0.119. The van der Waals surface area contributed by atoms with Crippen LogP contribution in [-0.4, -0.2) is 17.9 Å². The molecule has 4 heteroatoms. The van der Waals surface area contributed by atoms with E-state index in [1.165, 1.54) is 5.56 Å². The van der Waals surface area contributed by atoms with Gasteiger partial charge < -0.3 is 10.2 Å². The Bertz CT molecular complexity index is 819. The summed E-state index contributed by atoms with van der Waals surface area (Å²) in [6.45, 7) is 1.27. The first-order valence-corrected chi connectivity index (χ1v) is 8.24. The Balaban J connectivity index is 1.65. The van der Waals surface area contributed by atoms with Crippen LogP contribution >= 0.6 is 0 Å². The van der Waals surface area contributed by atoms with Crippen molar-refractivity contribution in [1.82, 2.24) is 10.3 Å². The molecule has 0 radical (unpaired) electrons. The third-order valence-corrected chi connectivity index (χ3v) is 3.99. The molecular formula is C21H21N3O. The van der Waals surface area contributed by atoms with Gasteiger partial charge in [-0.25, -0.2) is 0 Å². The third kappa shape index (κ3) is 4.67. The van der Waals surface area contributed by atoms with Gasteiger partial charge in [0.15, 0.2) is 0 Å². The molecule has 0 atom stereocenters. The van der Waals surface area contributed by atoms with Gasteiger partial charge in [0.05, 0.1) is 17.4 Å². The molecule has 1 aromatic heterocycles. The van der Waals surface area contributed by atoms with E-state index in [1.54, 1.807) is 12.4 Å². The second-order valence-electron chi connectivity index (χ2n) is 5.94. The molecule has 0 fully saturated rings. The van der Waals surface area contributed by atoms with Crippen molar-refractivity contribution in [2.75, 3.05) is 11.9 Å². The number of anilines is 1. The number of nitrogens with one attached hydrogen (secondary N) is 1. The van der Waals surface area contributed by atoms with Gasteiger partial charge in [0, 0.05) is 26.3 Å². The zero-order valence-corrected chi connectivity index (χ0v) is 14.2. The monoisotopic (exact) mass is 331 g/mol. The number of rotatable bonds is 6. The van der Waals surface area contributed by atoms with Crippen LogP contribution in [-0.2, 0) is 13.1 Å². The van der Waals surface area contributed by atoms with E-state index in [0.717, 1.165) is 17.8 Å². The molecule has 2 aromatic carbocycles. The number of pyridine rings is 1. The van der Waals surface area contributed by atoms with E-state index in [0.29, 0.717) is 12.1 Å². The summed E-state index contributed by atoms with van der Waals surface area (Å²) in [7, 11) is 2.00. The average molecular weight is 331 g/mol. The molecular weight excluding hydrogens is 310 g/mol. The molecule has 3 rings (SSSR count). The van der Waals surface area contributed by atoms with Crippen LogP contribution in [0.3, 0.4) is 0 Å². The molecule has 0 aliphatic carbocycles. The van der Waals surface area contributed by atoms with Crippen LogP contribution in [0.5, 0.6) is 0 Å². The summed E-state index contributed by atoms with van der Waals surface area (Å²) in [5.41, 5.74) is 3.76. The molecule has 0 unspecified atom stereocenters. The fraction of sp³-hybridized carbons (Fsp3) is 0.143. The number of carbonyl (C=O) groups excluding carboxylic acids is 1. The zero-order valence-electron chi connectivity index (χ0n) is 14.2. The Morgan fingerprint density at radius 2 is 1.60 bits per heavy atom. The summed E-state index contributed by atoms with van der Waals surface area (Å²) in [5.74, 6) is -0.119. The van der Waals surface area contributed by atoms with Gasteiger partial charge in [-0.2, -0.15) is 0 Å². The first-order chi connectivity index (χ1) is 12.2. The van der Waals surface area contributed by atoms with E-state index in [2.05, 4.69) is 27.3 Å². The Hall–Kier alpha value is -3.14. The predicted molar refractivity (Wildman–Crippen MR) is 100 cm³/mol. The van der Waals surface area contributed by atoms with Gasteiger partial charge in [-0.15, -0.1) is 0 Å². The lowest BCUT2D eigenvalue weighted by Gasteiger charge is -2.19. The minimum atomic E-state index is -0.119. The lowest BCUT2D eigenvalue weighted by molar-refractivity contribution is 0.0950. The largest absolute Gasteiger partial charge is 0.369 e. The Labute approximate surface area is 148 Å². The summed E-state index contributed by atoms with van der Waals surface area (Å²) in [6.07, 6.45) is 3.37. The van der Waals surface area contributed by atoms with Crippen molar-refractivity contribution in [2.24, 2.45) is 0 Å². The van der Waals surface area contributed by atoms with Gasteiger partial charge in [-0.1, -0.05) is 60.7 Å². The van der Waals surface area contributed by atoms with Crippen molar-refractivity contribution < 1.29 is 4.79 Å². The molecule has 3 aromatic rings. The summed E-state index contributed by atoms with van der Waals surface area (Å²) >= 11 is 0. The van der Waals surface area contributed by atoms with Crippen molar-refractivity contribution in [3.05, 3.63) is 95.8 Å². The van der Waals surface area contributed by atoms with E-state index in [-0.39, 0.29) is 5.91 Å². The number of benzene rings is 2. The van der Waals surface area contributed by atoms with Crippen LogP contribution in [0.1, 0.15) is 21.5 Å². The molecule has 0 aliphatic heterocycles. The van der Waals surface area contributed by atoms with Gasteiger partial charge in [0.1, 0.15) is 0 Å². The highest BCUT2D eigenvalue weighted by Gasteiger charge is 2.09. The van der Waals surface area contributed by atoms with Crippen LogP contribution < -0.4 is 10.2 Å². The van der Waals surface area contributed by atoms with E-state index in [1.807, 2.05) is 61.6 Å². The average Bonchev–Trinajstić information content (AvgIpc) is 2.68. The first kappa shape index (κ1) is 16.7. The van der Waals surface area contributed by atoms with Gasteiger partial charge in [-0.05, 0) is 17.2 Å². The van der Waals surface area contributed by atoms with Crippen molar-refractivity contribution in [2.45, 2.75) is 13.1 Å². The maximum Gasteiger partial charge on any atom is 0.253 e. The quantitative estimate of drug-likeness (QED) is 0.750. The van der Waals surface area contributed by atoms with Crippen LogP contribution in [0, 0.1) is 0 Å². The number of carbonyl (C=O) groups is 1. The number of hydrogen-bond donors (Lipinski definition) is 1. The highest BCUT2D eigenvalue weighted by Crippen LogP contribution is 2.16. The lowest BCUT2D eigenvalue weighted by Crippen LogP contribution is -2.24. The second kappa shape index (κ2) is 8.11. The van der Waals surface area contributed by atoms with E-state index in [4.69, 9.17) is 0 Å². The molecule has 1 N–H and O–H groups in total. The minimum Gasteiger partial charge on any atom is -0.369 e. The fourth-order valence-corrected chi connectivity index (χ4v) is 2.59. The molecule has 25 heavy (non-hydrogen) atoms. The zero-order chi connectivity index (χ0) is 17.5. The molecule has 0 spiro atoms.